The standard InChI is InChI=1S/C21H25NO2/c1-4-22(5-2)15-18-6-10-19(11-7-18)20(16-23)14-17-8-12-21(24-3)13-9-17/h6-13H,4-5,14-15H2,1-3H3. The van der Waals surface area contributed by atoms with E-state index in [2.05, 4.69) is 36.8 Å². The Balaban J connectivity index is 2.08. The summed E-state index contributed by atoms with van der Waals surface area (Å²) >= 11 is 0. The SMILES string of the molecule is CCN(CC)Cc1ccc(C(=C=O)Cc2ccc(OC)cc2)cc1. The fourth-order valence-electron chi connectivity index (χ4n) is 2.66. The zero-order chi connectivity index (χ0) is 17.4. The van der Waals surface area contributed by atoms with Crippen LogP contribution in [0.25, 0.3) is 5.57 Å². The number of nitrogens with zero attached hydrogens (tertiary/aromatic N) is 1. The number of rotatable bonds is 8. The lowest BCUT2D eigenvalue weighted by Gasteiger charge is -2.18. The monoisotopic (exact) mass is 323 g/mol. The van der Waals surface area contributed by atoms with E-state index in [0.717, 1.165) is 36.5 Å². The second kappa shape index (κ2) is 9.07. The Labute approximate surface area is 144 Å². The molecule has 2 aromatic carbocycles. The van der Waals surface area contributed by atoms with Gasteiger partial charge in [-0.1, -0.05) is 50.2 Å². The summed E-state index contributed by atoms with van der Waals surface area (Å²) in [7, 11) is 1.64. The molecule has 0 unspecified atom stereocenters. The molecule has 24 heavy (non-hydrogen) atoms. The fourth-order valence-corrected chi connectivity index (χ4v) is 2.66. The van der Waals surface area contributed by atoms with Gasteiger partial charge in [0.15, 0.2) is 0 Å². The molecule has 0 fully saturated rings. The molecule has 0 spiro atoms. The lowest BCUT2D eigenvalue weighted by molar-refractivity contribution is 0.296. The number of carbonyl (C=O) groups excluding carboxylic acids is 1. The van der Waals surface area contributed by atoms with Crippen LogP contribution in [0.15, 0.2) is 48.5 Å². The summed E-state index contributed by atoms with van der Waals surface area (Å²) in [6.45, 7) is 7.34. The second-order valence-corrected chi connectivity index (χ2v) is 5.76. The van der Waals surface area contributed by atoms with Crippen LogP contribution in [0.3, 0.4) is 0 Å². The third-order valence-corrected chi connectivity index (χ3v) is 4.27. The summed E-state index contributed by atoms with van der Waals surface area (Å²) < 4.78 is 5.16. The summed E-state index contributed by atoms with van der Waals surface area (Å²) in [5.41, 5.74) is 3.94. The van der Waals surface area contributed by atoms with Gasteiger partial charge in [0.2, 0.25) is 0 Å². The Morgan fingerprint density at radius 3 is 2.04 bits per heavy atom. The summed E-state index contributed by atoms with van der Waals surface area (Å²) in [5, 5.41) is 0. The van der Waals surface area contributed by atoms with Crippen molar-refractivity contribution in [1.29, 1.82) is 0 Å². The molecule has 2 aromatic rings. The van der Waals surface area contributed by atoms with Gasteiger partial charge in [-0.3, -0.25) is 4.90 Å². The Kier molecular flexibility index (Phi) is 6.80. The Morgan fingerprint density at radius 2 is 1.54 bits per heavy atom. The van der Waals surface area contributed by atoms with E-state index in [-0.39, 0.29) is 0 Å². The lowest BCUT2D eigenvalue weighted by Crippen LogP contribution is -2.22. The summed E-state index contributed by atoms with van der Waals surface area (Å²) in [6.07, 6.45) is 0.572. The van der Waals surface area contributed by atoms with Gasteiger partial charge in [0.1, 0.15) is 11.7 Å². The summed E-state index contributed by atoms with van der Waals surface area (Å²) in [5.74, 6) is 2.92. The van der Waals surface area contributed by atoms with Crippen LogP contribution in [0.4, 0.5) is 0 Å². The summed E-state index contributed by atoms with van der Waals surface area (Å²) in [6, 6.07) is 16.0. The van der Waals surface area contributed by atoms with Crippen molar-refractivity contribution in [3.63, 3.8) is 0 Å². The number of methoxy groups -OCH3 is 1. The van der Waals surface area contributed by atoms with Gasteiger partial charge in [-0.25, -0.2) is 4.79 Å². The highest BCUT2D eigenvalue weighted by molar-refractivity contribution is 5.88. The molecule has 0 aliphatic heterocycles. The van der Waals surface area contributed by atoms with Crippen LogP contribution < -0.4 is 4.74 Å². The van der Waals surface area contributed by atoms with E-state index in [4.69, 9.17) is 4.74 Å². The van der Waals surface area contributed by atoms with Crippen molar-refractivity contribution in [2.75, 3.05) is 20.2 Å². The molecule has 0 aliphatic carbocycles. The molecule has 0 saturated heterocycles. The molecule has 126 valence electrons. The van der Waals surface area contributed by atoms with Gasteiger partial charge in [-0.05, 0) is 41.9 Å². The van der Waals surface area contributed by atoms with E-state index < -0.39 is 0 Å². The maximum absolute atomic E-state index is 11.4. The van der Waals surface area contributed by atoms with Crippen LogP contribution in [-0.2, 0) is 17.8 Å². The van der Waals surface area contributed by atoms with Gasteiger partial charge in [-0.15, -0.1) is 0 Å². The first kappa shape index (κ1) is 18.0. The van der Waals surface area contributed by atoms with Crippen molar-refractivity contribution < 1.29 is 9.53 Å². The first-order valence-electron chi connectivity index (χ1n) is 8.38. The first-order chi connectivity index (χ1) is 11.7. The minimum atomic E-state index is 0.572. The Hall–Kier alpha value is -2.35. The number of ether oxygens (including phenoxy) is 1. The molecule has 2 rings (SSSR count). The quantitative estimate of drug-likeness (QED) is 0.688. The number of allylic oxidation sites excluding steroid dienone is 1. The largest absolute Gasteiger partial charge is 0.497 e. The highest BCUT2D eigenvalue weighted by Gasteiger charge is 2.07. The molecule has 0 atom stereocenters. The van der Waals surface area contributed by atoms with Gasteiger partial charge in [-0.2, -0.15) is 0 Å². The molecule has 0 aliphatic rings. The van der Waals surface area contributed by atoms with Gasteiger partial charge >= 0.3 is 0 Å². The van der Waals surface area contributed by atoms with E-state index >= 15 is 0 Å². The van der Waals surface area contributed by atoms with Crippen LogP contribution in [0.1, 0.15) is 30.5 Å². The van der Waals surface area contributed by atoms with E-state index in [1.165, 1.54) is 5.56 Å². The van der Waals surface area contributed by atoms with Crippen molar-refractivity contribution in [3.05, 3.63) is 65.2 Å². The minimum Gasteiger partial charge on any atom is -0.497 e. The van der Waals surface area contributed by atoms with E-state index in [1.807, 2.05) is 36.4 Å². The van der Waals surface area contributed by atoms with E-state index in [0.29, 0.717) is 12.0 Å². The van der Waals surface area contributed by atoms with Crippen LogP contribution >= 0.6 is 0 Å². The molecule has 0 amide bonds. The van der Waals surface area contributed by atoms with Gasteiger partial charge in [0.05, 0.1) is 7.11 Å². The molecule has 0 saturated carbocycles. The smallest absolute Gasteiger partial charge is 0.128 e. The fraction of sp³-hybridized carbons (Fsp3) is 0.333. The number of benzene rings is 2. The normalized spacial score (nSPS) is 10.5. The maximum atomic E-state index is 11.4. The predicted molar refractivity (Wildman–Crippen MR) is 98.9 cm³/mol. The topological polar surface area (TPSA) is 29.5 Å². The molecule has 0 heterocycles. The molecule has 0 radical (unpaired) electrons. The van der Waals surface area contributed by atoms with Gasteiger partial charge in [0.25, 0.3) is 0 Å². The molecule has 0 bridgehead atoms. The Bertz CT molecular complexity index is 679. The van der Waals surface area contributed by atoms with E-state index in [1.54, 1.807) is 7.11 Å². The third kappa shape index (κ3) is 4.82. The second-order valence-electron chi connectivity index (χ2n) is 5.76. The molecule has 0 aromatic heterocycles. The van der Waals surface area contributed by atoms with Crippen molar-refractivity contribution in [2.45, 2.75) is 26.8 Å². The molecular formula is C21H25NO2. The van der Waals surface area contributed by atoms with Crippen LogP contribution in [0.2, 0.25) is 0 Å². The summed E-state index contributed by atoms with van der Waals surface area (Å²) in [4.78, 5) is 13.8. The highest BCUT2D eigenvalue weighted by Crippen LogP contribution is 2.20. The minimum absolute atomic E-state index is 0.572. The third-order valence-electron chi connectivity index (χ3n) is 4.27. The van der Waals surface area contributed by atoms with Crippen LogP contribution in [-0.4, -0.2) is 31.0 Å². The number of hydrogen-bond acceptors (Lipinski definition) is 3. The Morgan fingerprint density at radius 1 is 0.958 bits per heavy atom. The maximum Gasteiger partial charge on any atom is 0.128 e. The van der Waals surface area contributed by atoms with Crippen LogP contribution in [0, 0.1) is 0 Å². The van der Waals surface area contributed by atoms with Crippen molar-refractivity contribution in [2.24, 2.45) is 0 Å². The van der Waals surface area contributed by atoms with Crippen molar-refractivity contribution in [1.82, 2.24) is 4.90 Å². The van der Waals surface area contributed by atoms with E-state index in [9.17, 15) is 4.79 Å². The van der Waals surface area contributed by atoms with Crippen molar-refractivity contribution >= 4 is 11.5 Å². The average molecular weight is 323 g/mol. The lowest BCUT2D eigenvalue weighted by atomic mass is 9.98. The number of hydrogen-bond donors (Lipinski definition) is 0. The zero-order valence-corrected chi connectivity index (χ0v) is 14.7. The zero-order valence-electron chi connectivity index (χ0n) is 14.7. The van der Waals surface area contributed by atoms with Gasteiger partial charge in [0, 0.05) is 18.5 Å². The molecule has 3 heteroatoms. The van der Waals surface area contributed by atoms with Crippen molar-refractivity contribution in [3.8, 4) is 5.75 Å². The molecule has 0 N–H and O–H groups in total. The molecular weight excluding hydrogens is 298 g/mol. The molecule has 3 nitrogen and oxygen atoms in total. The average Bonchev–Trinajstić information content (AvgIpc) is 2.65. The highest BCUT2D eigenvalue weighted by atomic mass is 16.5. The van der Waals surface area contributed by atoms with Gasteiger partial charge < -0.3 is 4.74 Å². The van der Waals surface area contributed by atoms with Crippen LogP contribution in [0.5, 0.6) is 5.75 Å². The first-order valence-corrected chi connectivity index (χ1v) is 8.38. The predicted octanol–water partition coefficient (Wildman–Crippen LogP) is 3.99.